The minimum atomic E-state index is 0.806. The van der Waals surface area contributed by atoms with Crippen molar-refractivity contribution in [1.29, 1.82) is 0 Å². The van der Waals surface area contributed by atoms with Crippen LogP contribution < -0.4 is 0 Å². The van der Waals surface area contributed by atoms with E-state index in [1.165, 1.54) is 17.1 Å². The molecular weight excluding hydrogens is 154 g/mol. The topological polar surface area (TPSA) is 47.2 Å². The molecule has 2 aromatic rings. The monoisotopic (exact) mass is 159 g/mol. The molecular formula is C8H5N3O. The molecule has 0 unspecified atom stereocenters. The minimum absolute atomic E-state index is 0.806. The number of benzene rings is 1. The molecule has 0 spiro atoms. The van der Waals surface area contributed by atoms with Crippen LogP contribution in [0.1, 0.15) is 0 Å². The van der Waals surface area contributed by atoms with Crippen molar-refractivity contribution in [3.8, 4) is 0 Å². The minimum Gasteiger partial charge on any atom is -0.235 e. The van der Waals surface area contributed by atoms with E-state index in [1.54, 1.807) is 0 Å². The molecule has 0 saturated carbocycles. The molecule has 4 heteroatoms. The van der Waals surface area contributed by atoms with Gasteiger partial charge < -0.3 is 0 Å². The summed E-state index contributed by atoms with van der Waals surface area (Å²) in [7, 11) is 0. The van der Waals surface area contributed by atoms with Gasteiger partial charge in [0.15, 0.2) is 0 Å². The first-order valence-corrected chi connectivity index (χ1v) is 3.42. The Hall–Kier alpha value is -1.93. The lowest BCUT2D eigenvalue weighted by Crippen LogP contribution is -1.82. The number of aromatic nitrogens is 2. The van der Waals surface area contributed by atoms with Gasteiger partial charge in [-0.3, -0.25) is 0 Å². The number of nitrogens with zero attached hydrogens (tertiary/aromatic N) is 3. The van der Waals surface area contributed by atoms with Crippen LogP contribution in [0.4, 0.5) is 0 Å². The van der Waals surface area contributed by atoms with E-state index >= 15 is 0 Å². The Kier molecular flexibility index (Phi) is 1.47. The number of hydrogen-bond donors (Lipinski definition) is 0. The van der Waals surface area contributed by atoms with Crippen molar-refractivity contribution in [2.45, 2.75) is 0 Å². The van der Waals surface area contributed by atoms with Crippen LogP contribution in [0.5, 0.6) is 0 Å². The van der Waals surface area contributed by atoms with Crippen molar-refractivity contribution in [2.24, 2.45) is 5.10 Å². The molecule has 12 heavy (non-hydrogen) atoms. The third kappa shape index (κ3) is 0.909. The van der Waals surface area contributed by atoms with E-state index in [0.717, 1.165) is 11.0 Å². The maximum atomic E-state index is 9.98. The number of imidazole rings is 1. The Morgan fingerprint density at radius 2 is 2.25 bits per heavy atom. The Morgan fingerprint density at radius 3 is 3.08 bits per heavy atom. The first-order chi connectivity index (χ1) is 5.92. The van der Waals surface area contributed by atoms with Gasteiger partial charge in [0.05, 0.1) is 11.0 Å². The predicted octanol–water partition coefficient (Wildman–Crippen LogP) is 1.14. The lowest BCUT2D eigenvalue weighted by atomic mass is 10.3. The van der Waals surface area contributed by atoms with Gasteiger partial charge in [-0.25, -0.2) is 14.5 Å². The third-order valence-corrected chi connectivity index (χ3v) is 1.58. The lowest BCUT2D eigenvalue weighted by molar-refractivity contribution is 0.560. The van der Waals surface area contributed by atoms with Crippen molar-refractivity contribution in [3.05, 3.63) is 30.6 Å². The van der Waals surface area contributed by atoms with E-state index in [4.69, 9.17) is 0 Å². The van der Waals surface area contributed by atoms with Crippen LogP contribution >= 0.6 is 0 Å². The highest BCUT2D eigenvalue weighted by Gasteiger charge is 1.97. The first kappa shape index (κ1) is 6.76. The number of isocyanates is 1. The molecule has 0 fully saturated rings. The molecule has 4 nitrogen and oxygen atoms in total. The van der Waals surface area contributed by atoms with E-state index in [-0.39, 0.29) is 0 Å². The summed E-state index contributed by atoms with van der Waals surface area (Å²) < 4.78 is 1.39. The van der Waals surface area contributed by atoms with Gasteiger partial charge in [-0.2, -0.15) is 0 Å². The van der Waals surface area contributed by atoms with Gasteiger partial charge in [-0.15, -0.1) is 0 Å². The molecule has 2 rings (SSSR count). The second kappa shape index (κ2) is 2.60. The average Bonchev–Trinajstić information content (AvgIpc) is 2.50. The molecule has 0 amide bonds. The molecule has 58 valence electrons. The van der Waals surface area contributed by atoms with Gasteiger partial charge in [0.2, 0.25) is 0 Å². The molecule has 1 aromatic heterocycles. The summed E-state index contributed by atoms with van der Waals surface area (Å²) in [6.07, 6.45) is 2.94. The highest BCUT2D eigenvalue weighted by atomic mass is 16.1. The Labute approximate surface area is 68.1 Å². The number of rotatable bonds is 1. The molecule has 0 saturated heterocycles. The average molecular weight is 159 g/mol. The van der Waals surface area contributed by atoms with Gasteiger partial charge in [0, 0.05) is 0 Å². The summed E-state index contributed by atoms with van der Waals surface area (Å²) in [5.74, 6) is 0. The fourth-order valence-corrected chi connectivity index (χ4v) is 1.07. The first-order valence-electron chi connectivity index (χ1n) is 3.42. The Balaban J connectivity index is 2.78. The van der Waals surface area contributed by atoms with E-state index in [9.17, 15) is 4.79 Å². The zero-order chi connectivity index (χ0) is 8.39. The van der Waals surface area contributed by atoms with Crippen molar-refractivity contribution < 1.29 is 4.79 Å². The predicted molar refractivity (Wildman–Crippen MR) is 43.3 cm³/mol. The second-order valence-corrected chi connectivity index (χ2v) is 2.27. The van der Waals surface area contributed by atoms with Gasteiger partial charge in [-0.1, -0.05) is 17.2 Å². The summed E-state index contributed by atoms with van der Waals surface area (Å²) in [6.45, 7) is 0. The summed E-state index contributed by atoms with van der Waals surface area (Å²) in [6, 6.07) is 7.43. The highest BCUT2D eigenvalue weighted by Crippen LogP contribution is 2.10. The summed E-state index contributed by atoms with van der Waals surface area (Å²) in [5, 5.41) is 3.44. The van der Waals surface area contributed by atoms with Crippen LogP contribution in [0.2, 0.25) is 0 Å². The van der Waals surface area contributed by atoms with E-state index < -0.39 is 0 Å². The number of para-hydroxylation sites is 2. The lowest BCUT2D eigenvalue weighted by Gasteiger charge is -1.89. The molecule has 0 aliphatic rings. The van der Waals surface area contributed by atoms with Gasteiger partial charge in [0.25, 0.3) is 6.08 Å². The van der Waals surface area contributed by atoms with Gasteiger partial charge >= 0.3 is 0 Å². The van der Waals surface area contributed by atoms with Gasteiger partial charge in [-0.05, 0) is 12.1 Å². The number of carbonyl (C=O) groups excluding carboxylic acids is 1. The van der Waals surface area contributed by atoms with Crippen LogP contribution in [0.25, 0.3) is 11.0 Å². The Morgan fingerprint density at radius 1 is 1.42 bits per heavy atom. The summed E-state index contributed by atoms with van der Waals surface area (Å²) in [4.78, 5) is 14.0. The standard InChI is InChI=1S/C8H5N3O/c12-6-10-11-5-9-7-3-1-2-4-8(7)11/h1-5H. The molecule has 1 heterocycles. The van der Waals surface area contributed by atoms with Crippen molar-refractivity contribution in [3.63, 3.8) is 0 Å². The highest BCUT2D eigenvalue weighted by molar-refractivity contribution is 5.75. The molecule has 0 bridgehead atoms. The molecule has 0 aliphatic carbocycles. The molecule has 0 atom stereocenters. The summed E-state index contributed by atoms with van der Waals surface area (Å²) in [5.41, 5.74) is 1.62. The van der Waals surface area contributed by atoms with Crippen LogP contribution in [0.15, 0.2) is 35.7 Å². The summed E-state index contributed by atoms with van der Waals surface area (Å²) >= 11 is 0. The van der Waals surface area contributed by atoms with E-state index in [2.05, 4.69) is 10.1 Å². The van der Waals surface area contributed by atoms with E-state index in [1.807, 2.05) is 24.3 Å². The van der Waals surface area contributed by atoms with Crippen LogP contribution in [0.3, 0.4) is 0 Å². The maximum absolute atomic E-state index is 9.98. The molecule has 0 radical (unpaired) electrons. The zero-order valence-corrected chi connectivity index (χ0v) is 6.14. The van der Waals surface area contributed by atoms with E-state index in [0.29, 0.717) is 0 Å². The quantitative estimate of drug-likeness (QED) is 0.462. The van der Waals surface area contributed by atoms with Crippen LogP contribution in [0, 0.1) is 0 Å². The molecule has 0 aliphatic heterocycles. The third-order valence-electron chi connectivity index (χ3n) is 1.58. The Bertz CT molecular complexity index is 454. The number of hydrogen-bond acceptors (Lipinski definition) is 3. The largest absolute Gasteiger partial charge is 0.259 e. The smallest absolute Gasteiger partial charge is 0.235 e. The maximum Gasteiger partial charge on any atom is 0.259 e. The van der Waals surface area contributed by atoms with Crippen LogP contribution in [-0.4, -0.2) is 15.7 Å². The SMILES string of the molecule is O=C=Nn1cnc2ccccc21. The molecule has 0 N–H and O–H groups in total. The number of fused-ring (bicyclic) bond motifs is 1. The van der Waals surface area contributed by atoms with Crippen LogP contribution in [-0.2, 0) is 4.79 Å². The fraction of sp³-hybridized carbons (Fsp3) is 0. The zero-order valence-electron chi connectivity index (χ0n) is 6.14. The van der Waals surface area contributed by atoms with Crippen molar-refractivity contribution in [2.75, 3.05) is 0 Å². The molecule has 1 aromatic carbocycles. The normalized spacial score (nSPS) is 9.67. The van der Waals surface area contributed by atoms with Crippen molar-refractivity contribution >= 4 is 17.1 Å². The fourth-order valence-electron chi connectivity index (χ4n) is 1.07. The second-order valence-electron chi connectivity index (χ2n) is 2.27. The van der Waals surface area contributed by atoms with Crippen molar-refractivity contribution in [1.82, 2.24) is 9.66 Å². The van der Waals surface area contributed by atoms with Gasteiger partial charge in [0.1, 0.15) is 6.33 Å².